The molecule has 0 saturated carbocycles. The summed E-state index contributed by atoms with van der Waals surface area (Å²) in [5.41, 5.74) is 2.08. The smallest absolute Gasteiger partial charge is 0.0356 e. The van der Waals surface area contributed by atoms with Crippen molar-refractivity contribution in [3.05, 3.63) is 23.3 Å². The van der Waals surface area contributed by atoms with Gasteiger partial charge in [0.1, 0.15) is 0 Å². The Hall–Kier alpha value is -0.520. The van der Waals surface area contributed by atoms with Crippen LogP contribution in [-0.2, 0) is 0 Å². The van der Waals surface area contributed by atoms with Crippen LogP contribution in [0.15, 0.2) is 23.3 Å². The van der Waals surface area contributed by atoms with Crippen molar-refractivity contribution < 1.29 is 2.74 Å². The van der Waals surface area contributed by atoms with Crippen LogP contribution < -0.4 is 0 Å². The lowest BCUT2D eigenvalue weighted by atomic mass is 9.93. The Morgan fingerprint density at radius 1 is 1.40 bits per heavy atom. The second-order valence-electron chi connectivity index (χ2n) is 3.07. The lowest BCUT2D eigenvalue weighted by Gasteiger charge is -2.13. The van der Waals surface area contributed by atoms with Gasteiger partial charge in [-0.05, 0) is 25.6 Å². The van der Waals surface area contributed by atoms with Gasteiger partial charge in [0.2, 0.25) is 0 Å². The van der Waals surface area contributed by atoms with E-state index in [1.165, 1.54) is 0 Å². The third kappa shape index (κ3) is 1.73. The molecule has 0 N–H and O–H groups in total. The van der Waals surface area contributed by atoms with Crippen molar-refractivity contribution in [2.45, 2.75) is 33.6 Å². The second-order valence-corrected chi connectivity index (χ2v) is 3.07. The van der Waals surface area contributed by atoms with Crippen LogP contribution in [0, 0.1) is 5.92 Å². The van der Waals surface area contributed by atoms with E-state index in [0.29, 0.717) is 5.92 Å². The zero-order valence-corrected chi connectivity index (χ0v) is 6.89. The molecular formula is C10H16. The van der Waals surface area contributed by atoms with E-state index in [-0.39, 0.29) is 12.8 Å². The minimum absolute atomic E-state index is 0.216. The highest BCUT2D eigenvalue weighted by Crippen LogP contribution is 2.22. The molecule has 0 nitrogen and oxygen atoms in total. The fourth-order valence-electron chi connectivity index (χ4n) is 0.951. The molecule has 0 aromatic heterocycles. The predicted molar refractivity (Wildman–Crippen MR) is 45.9 cm³/mol. The minimum Gasteiger partial charge on any atom is -0.0812 e. The van der Waals surface area contributed by atoms with Crippen LogP contribution in [0.4, 0.5) is 0 Å². The van der Waals surface area contributed by atoms with Crippen molar-refractivity contribution >= 4 is 0 Å². The first kappa shape index (κ1) is 5.17. The molecule has 2 atom stereocenters. The first-order chi connectivity index (χ1) is 5.52. The Labute approximate surface area is 66.4 Å². The van der Waals surface area contributed by atoms with E-state index in [4.69, 9.17) is 2.74 Å². The molecule has 0 aromatic carbocycles. The molecule has 0 fully saturated rings. The number of hydrogen-bond acceptors (Lipinski definition) is 0. The van der Waals surface area contributed by atoms with E-state index >= 15 is 0 Å². The molecule has 1 aliphatic rings. The van der Waals surface area contributed by atoms with E-state index < -0.39 is 0 Å². The van der Waals surface area contributed by atoms with E-state index in [9.17, 15) is 0 Å². The summed E-state index contributed by atoms with van der Waals surface area (Å²) >= 11 is 0. The molecule has 2 unspecified atom stereocenters. The van der Waals surface area contributed by atoms with Gasteiger partial charge in [0.05, 0.1) is 0 Å². The molecule has 0 aromatic rings. The Bertz CT molecular complexity index is 226. The zero-order chi connectivity index (χ0) is 9.30. The van der Waals surface area contributed by atoms with Crippen LogP contribution in [0.3, 0.4) is 0 Å². The van der Waals surface area contributed by atoms with E-state index in [0.717, 1.165) is 11.1 Å². The summed E-state index contributed by atoms with van der Waals surface area (Å²) in [4.78, 5) is 0. The average molecular weight is 138 g/mol. The maximum atomic E-state index is 7.75. The highest BCUT2D eigenvalue weighted by Gasteiger charge is 2.04. The first-order valence-electron chi connectivity index (χ1n) is 4.92. The van der Waals surface area contributed by atoms with Crippen LogP contribution in [0.25, 0.3) is 0 Å². The molecule has 0 heteroatoms. The second kappa shape index (κ2) is 3.05. The summed E-state index contributed by atoms with van der Waals surface area (Å²) in [6.07, 6.45) is 3.36. The van der Waals surface area contributed by atoms with Crippen molar-refractivity contribution in [3.8, 4) is 0 Å². The molecule has 1 aliphatic carbocycles. The summed E-state index contributed by atoms with van der Waals surface area (Å²) in [5, 5.41) is 0. The minimum atomic E-state index is -0.219. The predicted octanol–water partition coefficient (Wildman–Crippen LogP) is 3.31. The van der Waals surface area contributed by atoms with Crippen molar-refractivity contribution in [2.24, 2.45) is 5.92 Å². The van der Waals surface area contributed by atoms with E-state index in [1.807, 2.05) is 19.1 Å². The van der Waals surface area contributed by atoms with Gasteiger partial charge in [0.15, 0.2) is 0 Å². The van der Waals surface area contributed by atoms with Gasteiger partial charge >= 0.3 is 0 Å². The molecular weight excluding hydrogens is 120 g/mol. The van der Waals surface area contributed by atoms with Crippen LogP contribution in [-0.4, -0.2) is 0 Å². The van der Waals surface area contributed by atoms with Crippen molar-refractivity contribution in [3.63, 3.8) is 0 Å². The maximum absolute atomic E-state index is 7.75. The molecule has 56 valence electrons. The maximum Gasteiger partial charge on any atom is 0.0356 e. The first-order valence-corrected chi connectivity index (χ1v) is 3.76. The molecule has 0 bridgehead atoms. The van der Waals surface area contributed by atoms with Gasteiger partial charge < -0.3 is 0 Å². The van der Waals surface area contributed by atoms with Gasteiger partial charge in [0.25, 0.3) is 0 Å². The SMILES string of the molecule is [2H]C1C=C(C(C)C)C([2H])C=C1C. The number of allylic oxidation sites excluding steroid dienone is 4. The van der Waals surface area contributed by atoms with E-state index in [1.54, 1.807) is 0 Å². The van der Waals surface area contributed by atoms with Crippen molar-refractivity contribution in [1.29, 1.82) is 0 Å². The normalized spacial score (nSPS) is 36.4. The molecule has 0 radical (unpaired) electrons. The molecule has 0 aliphatic heterocycles. The van der Waals surface area contributed by atoms with Gasteiger partial charge in [0, 0.05) is 2.74 Å². The molecule has 0 amide bonds. The van der Waals surface area contributed by atoms with Gasteiger partial charge in [-0.15, -0.1) is 0 Å². The molecule has 0 heterocycles. The Morgan fingerprint density at radius 3 is 2.70 bits per heavy atom. The lowest BCUT2D eigenvalue weighted by Crippen LogP contribution is -1.96. The van der Waals surface area contributed by atoms with Crippen LogP contribution in [0.5, 0.6) is 0 Å². The van der Waals surface area contributed by atoms with Gasteiger partial charge in [-0.1, -0.05) is 37.1 Å². The Kier molecular flexibility index (Phi) is 1.58. The van der Waals surface area contributed by atoms with Gasteiger partial charge in [-0.25, -0.2) is 0 Å². The van der Waals surface area contributed by atoms with Crippen LogP contribution in [0.1, 0.15) is 36.3 Å². The lowest BCUT2D eigenvalue weighted by molar-refractivity contribution is 0.733. The van der Waals surface area contributed by atoms with Gasteiger partial charge in [-0.2, -0.15) is 0 Å². The summed E-state index contributed by atoms with van der Waals surface area (Å²) < 4.78 is 15.4. The van der Waals surface area contributed by atoms with Crippen LogP contribution in [0.2, 0.25) is 0 Å². The average Bonchev–Trinajstić information content (AvgIpc) is 1.96. The standard InChI is InChI=1S/C10H16/c1-8(2)10-6-4-9(3)5-7-10/h4,7-8H,5-6H2,1-3H3/i5D,6D. The van der Waals surface area contributed by atoms with Crippen LogP contribution >= 0.6 is 0 Å². The number of hydrogen-bond donors (Lipinski definition) is 0. The third-order valence-corrected chi connectivity index (χ3v) is 1.74. The Balaban J connectivity index is 2.85. The highest BCUT2D eigenvalue weighted by molar-refractivity contribution is 5.21. The zero-order valence-electron chi connectivity index (χ0n) is 8.89. The Morgan fingerprint density at radius 2 is 2.10 bits per heavy atom. The summed E-state index contributed by atoms with van der Waals surface area (Å²) in [7, 11) is 0. The monoisotopic (exact) mass is 138 g/mol. The molecule has 0 spiro atoms. The van der Waals surface area contributed by atoms with Crippen molar-refractivity contribution in [2.75, 3.05) is 0 Å². The number of rotatable bonds is 1. The van der Waals surface area contributed by atoms with Gasteiger partial charge in [-0.3, -0.25) is 0 Å². The fourth-order valence-corrected chi connectivity index (χ4v) is 0.951. The van der Waals surface area contributed by atoms with E-state index in [2.05, 4.69) is 13.8 Å². The largest absolute Gasteiger partial charge is 0.0812 e. The molecule has 10 heavy (non-hydrogen) atoms. The molecule has 1 rings (SSSR count). The fraction of sp³-hybridized carbons (Fsp3) is 0.600. The quantitative estimate of drug-likeness (QED) is 0.488. The summed E-state index contributed by atoms with van der Waals surface area (Å²) in [5.74, 6) is 0.393. The highest BCUT2D eigenvalue weighted by atomic mass is 14.1. The van der Waals surface area contributed by atoms with Crippen molar-refractivity contribution in [1.82, 2.24) is 0 Å². The summed E-state index contributed by atoms with van der Waals surface area (Å²) in [6.45, 7) is 6.08. The topological polar surface area (TPSA) is 0 Å². The third-order valence-electron chi connectivity index (χ3n) is 1.74. The summed E-state index contributed by atoms with van der Waals surface area (Å²) in [6, 6.07) is 0. The molecule has 0 saturated heterocycles.